The van der Waals surface area contributed by atoms with E-state index in [4.69, 9.17) is 4.12 Å². The van der Waals surface area contributed by atoms with Gasteiger partial charge in [0.05, 0.1) is 0 Å². The van der Waals surface area contributed by atoms with E-state index in [1.54, 1.807) is 0 Å². The molecule has 0 N–H and O–H groups in total. The van der Waals surface area contributed by atoms with Crippen LogP contribution in [0.25, 0.3) is 0 Å². The fourth-order valence-corrected chi connectivity index (χ4v) is 12.3. The van der Waals surface area contributed by atoms with Crippen molar-refractivity contribution in [1.82, 2.24) is 0 Å². The summed E-state index contributed by atoms with van der Waals surface area (Å²) in [5, 5.41) is 0. The van der Waals surface area contributed by atoms with E-state index in [0.29, 0.717) is 0 Å². The molecule has 0 fully saturated rings. The molecule has 0 atom stereocenters. The van der Waals surface area contributed by atoms with Crippen molar-refractivity contribution in [3.8, 4) is 0 Å². The van der Waals surface area contributed by atoms with E-state index in [1.807, 2.05) is 0 Å². The standard InChI is InChI=1S/C15H35OSi2/c1-6-11-17(12-7-2)16-18(13-8-3,14-9-4)15-10-5/h6-15H2,1-5H3. The lowest BCUT2D eigenvalue weighted by atomic mass is 10.6. The topological polar surface area (TPSA) is 9.23 Å². The highest BCUT2D eigenvalue weighted by Crippen LogP contribution is 2.30. The van der Waals surface area contributed by atoms with Gasteiger partial charge in [0.1, 0.15) is 0 Å². The highest BCUT2D eigenvalue weighted by molar-refractivity contribution is 6.80. The second-order valence-corrected chi connectivity index (χ2v) is 12.3. The molecule has 18 heavy (non-hydrogen) atoms. The summed E-state index contributed by atoms with van der Waals surface area (Å²) in [7, 11) is -1.89. The molecule has 3 heteroatoms. The van der Waals surface area contributed by atoms with Crippen molar-refractivity contribution in [3.63, 3.8) is 0 Å². The van der Waals surface area contributed by atoms with E-state index in [-0.39, 0.29) is 0 Å². The van der Waals surface area contributed by atoms with E-state index in [9.17, 15) is 0 Å². The maximum Gasteiger partial charge on any atom is 0.197 e. The lowest BCUT2D eigenvalue weighted by Crippen LogP contribution is -2.43. The molecule has 0 bridgehead atoms. The van der Waals surface area contributed by atoms with Crippen LogP contribution in [0.4, 0.5) is 0 Å². The molecule has 0 rings (SSSR count). The Balaban J connectivity index is 4.66. The largest absolute Gasteiger partial charge is 0.455 e. The van der Waals surface area contributed by atoms with Gasteiger partial charge in [-0.25, -0.2) is 0 Å². The van der Waals surface area contributed by atoms with E-state index < -0.39 is 17.4 Å². The SMILES string of the molecule is CCC[Si](CCC)O[Si](CCC)(CCC)CCC. The summed E-state index contributed by atoms with van der Waals surface area (Å²) in [5.74, 6) is 0. The van der Waals surface area contributed by atoms with Gasteiger partial charge in [-0.2, -0.15) is 0 Å². The van der Waals surface area contributed by atoms with Crippen molar-refractivity contribution in [2.75, 3.05) is 0 Å². The molecule has 0 aromatic heterocycles. The van der Waals surface area contributed by atoms with E-state index in [1.165, 1.54) is 62.3 Å². The van der Waals surface area contributed by atoms with Crippen molar-refractivity contribution in [2.24, 2.45) is 0 Å². The predicted octanol–water partition coefficient (Wildman–Crippen LogP) is 5.99. The van der Waals surface area contributed by atoms with Gasteiger partial charge in [-0.15, -0.1) is 0 Å². The molecule has 0 aliphatic heterocycles. The summed E-state index contributed by atoms with van der Waals surface area (Å²) < 4.78 is 6.88. The van der Waals surface area contributed by atoms with Crippen LogP contribution >= 0.6 is 0 Å². The number of hydrogen-bond acceptors (Lipinski definition) is 1. The Labute approximate surface area is 119 Å². The fraction of sp³-hybridized carbons (Fsp3) is 1.00. The van der Waals surface area contributed by atoms with Gasteiger partial charge in [-0.05, 0) is 30.2 Å². The molecule has 0 unspecified atom stereocenters. The maximum absolute atomic E-state index is 6.88. The van der Waals surface area contributed by atoms with E-state index in [0.717, 1.165) is 0 Å². The summed E-state index contributed by atoms with van der Waals surface area (Å²) in [5.41, 5.74) is 0. The molecule has 1 radical (unpaired) electrons. The lowest BCUT2D eigenvalue weighted by molar-refractivity contribution is 0.520. The smallest absolute Gasteiger partial charge is 0.197 e. The third kappa shape index (κ3) is 7.10. The van der Waals surface area contributed by atoms with Gasteiger partial charge in [0.15, 0.2) is 17.4 Å². The van der Waals surface area contributed by atoms with Crippen molar-refractivity contribution < 1.29 is 4.12 Å². The van der Waals surface area contributed by atoms with Crippen LogP contribution in [-0.2, 0) is 4.12 Å². The molecule has 0 spiro atoms. The Bertz CT molecular complexity index is 162. The van der Waals surface area contributed by atoms with Crippen LogP contribution in [0.2, 0.25) is 30.2 Å². The Hall–Kier alpha value is 0.394. The molecule has 0 saturated carbocycles. The minimum Gasteiger partial charge on any atom is -0.455 e. The summed E-state index contributed by atoms with van der Waals surface area (Å²) in [6.45, 7) is 11.6. The first-order valence-corrected chi connectivity index (χ1v) is 12.6. The Morgan fingerprint density at radius 3 is 1.33 bits per heavy atom. The molecule has 0 aromatic carbocycles. The van der Waals surface area contributed by atoms with Gasteiger partial charge in [0.25, 0.3) is 0 Å². The number of hydrogen-bond donors (Lipinski definition) is 0. The van der Waals surface area contributed by atoms with Crippen molar-refractivity contribution in [3.05, 3.63) is 0 Å². The van der Waals surface area contributed by atoms with Gasteiger partial charge in [-0.3, -0.25) is 0 Å². The molecule has 0 aromatic rings. The zero-order chi connectivity index (χ0) is 13.9. The molecule has 0 heterocycles. The first-order chi connectivity index (χ1) is 8.67. The Morgan fingerprint density at radius 1 is 0.667 bits per heavy atom. The number of rotatable bonds is 12. The van der Waals surface area contributed by atoms with Gasteiger partial charge in [0.2, 0.25) is 0 Å². The molecular weight excluding hydrogens is 252 g/mol. The third-order valence-corrected chi connectivity index (χ3v) is 12.8. The Kier molecular flexibility index (Phi) is 11.5. The fourth-order valence-electron chi connectivity index (χ4n) is 2.99. The van der Waals surface area contributed by atoms with Crippen LogP contribution in [0.15, 0.2) is 0 Å². The highest BCUT2D eigenvalue weighted by Gasteiger charge is 2.34. The first-order valence-electron chi connectivity index (χ1n) is 8.21. The molecule has 0 amide bonds. The summed E-state index contributed by atoms with van der Waals surface area (Å²) >= 11 is 0. The highest BCUT2D eigenvalue weighted by atomic mass is 28.4. The monoisotopic (exact) mass is 287 g/mol. The zero-order valence-corrected chi connectivity index (χ0v) is 15.5. The average molecular weight is 288 g/mol. The zero-order valence-electron chi connectivity index (χ0n) is 13.5. The van der Waals surface area contributed by atoms with Crippen LogP contribution in [0.3, 0.4) is 0 Å². The van der Waals surface area contributed by atoms with Crippen LogP contribution in [0, 0.1) is 0 Å². The van der Waals surface area contributed by atoms with Crippen LogP contribution < -0.4 is 0 Å². The molecular formula is C15H35OSi2. The van der Waals surface area contributed by atoms with Crippen LogP contribution in [0.1, 0.15) is 66.7 Å². The minimum absolute atomic E-state index is 0.507. The van der Waals surface area contributed by atoms with Gasteiger partial charge >= 0.3 is 0 Å². The van der Waals surface area contributed by atoms with Gasteiger partial charge in [-0.1, -0.05) is 66.7 Å². The van der Waals surface area contributed by atoms with Gasteiger partial charge < -0.3 is 4.12 Å². The normalized spacial score (nSPS) is 12.3. The third-order valence-electron chi connectivity index (χ3n) is 3.54. The van der Waals surface area contributed by atoms with E-state index >= 15 is 0 Å². The first kappa shape index (κ1) is 18.4. The second kappa shape index (κ2) is 11.2. The quantitative estimate of drug-likeness (QED) is 0.401. The maximum atomic E-state index is 6.88. The predicted molar refractivity (Wildman–Crippen MR) is 88.1 cm³/mol. The van der Waals surface area contributed by atoms with Crippen LogP contribution in [0.5, 0.6) is 0 Å². The Morgan fingerprint density at radius 2 is 1.06 bits per heavy atom. The van der Waals surface area contributed by atoms with Crippen LogP contribution in [-0.4, -0.2) is 17.4 Å². The minimum atomic E-state index is -1.39. The van der Waals surface area contributed by atoms with Crippen molar-refractivity contribution in [2.45, 2.75) is 96.9 Å². The molecule has 0 aliphatic carbocycles. The van der Waals surface area contributed by atoms with Crippen molar-refractivity contribution in [1.29, 1.82) is 0 Å². The molecule has 1 nitrogen and oxygen atoms in total. The molecule has 109 valence electrons. The lowest BCUT2D eigenvalue weighted by Gasteiger charge is -2.35. The summed E-state index contributed by atoms with van der Waals surface area (Å²) in [6.07, 6.45) is 6.57. The van der Waals surface area contributed by atoms with E-state index in [2.05, 4.69) is 34.6 Å². The summed E-state index contributed by atoms with van der Waals surface area (Å²) in [6, 6.07) is 6.93. The second-order valence-electron chi connectivity index (χ2n) is 5.57. The van der Waals surface area contributed by atoms with Crippen molar-refractivity contribution >= 4 is 17.4 Å². The average Bonchev–Trinajstić information content (AvgIpc) is 2.30. The summed E-state index contributed by atoms with van der Waals surface area (Å²) in [4.78, 5) is 0. The molecule has 0 saturated heterocycles. The van der Waals surface area contributed by atoms with Gasteiger partial charge in [0, 0.05) is 0 Å². The molecule has 0 aliphatic rings.